The van der Waals surface area contributed by atoms with Crippen molar-refractivity contribution in [2.24, 2.45) is 17.6 Å². The fourth-order valence-electron chi connectivity index (χ4n) is 5.44. The van der Waals surface area contributed by atoms with Crippen molar-refractivity contribution in [1.82, 2.24) is 9.47 Å². The fourth-order valence-corrected chi connectivity index (χ4v) is 5.63. The molecular weight excluding hydrogens is 473 g/mol. The summed E-state index contributed by atoms with van der Waals surface area (Å²) < 4.78 is 15.8. The zero-order valence-corrected chi connectivity index (χ0v) is 19.6. The molecule has 1 saturated heterocycles. The molecule has 2 aliphatic rings. The lowest BCUT2D eigenvalue weighted by atomic mass is 9.90. The highest BCUT2D eigenvalue weighted by molar-refractivity contribution is 6.30. The number of amides is 2. The van der Waals surface area contributed by atoms with E-state index in [1.54, 1.807) is 29.3 Å². The molecule has 0 bridgehead atoms. The molecule has 3 aromatic rings. The maximum Gasteiger partial charge on any atom is 0.323 e. The normalized spacial score (nSPS) is 21.7. The first-order chi connectivity index (χ1) is 16.8. The van der Waals surface area contributed by atoms with E-state index in [1.807, 2.05) is 12.1 Å². The lowest BCUT2D eigenvalue weighted by Crippen LogP contribution is -2.44. The molecule has 2 fully saturated rings. The number of Topliss-reactive ketones (excluding diaryl/α,β-unsaturated/α-hetero) is 1. The number of rotatable bonds is 7. The molecule has 5 rings (SSSR count). The molecule has 4 atom stereocenters. The molecule has 35 heavy (non-hydrogen) atoms. The molecular formula is C26H25ClFN3O4. The monoisotopic (exact) mass is 497 g/mol. The average molecular weight is 498 g/mol. The van der Waals surface area contributed by atoms with Gasteiger partial charge in [-0.2, -0.15) is 0 Å². The van der Waals surface area contributed by atoms with Crippen LogP contribution in [0.1, 0.15) is 29.9 Å². The maximum atomic E-state index is 14.5. The standard InChI is InChI=1S/C26H25ClFN3O4/c27-20-6-3-5-18(24(20)28)16(13-32)9-22(33)25-19-8-14(19)12-31(25)23(34)10-15-11-30(26(29)35)21-7-2-1-4-17(15)21/h1-7,11,14,16,19,25,32H,8-10,12-13H2,(H2,29,35)/t14-,16+,19-,25-/m0/s1. The minimum atomic E-state index is -0.746. The Balaban J connectivity index is 1.36. The van der Waals surface area contributed by atoms with Crippen LogP contribution in [-0.4, -0.2) is 51.5 Å². The molecule has 1 aliphatic carbocycles. The minimum Gasteiger partial charge on any atom is -0.396 e. The maximum absolute atomic E-state index is 14.5. The molecule has 9 heteroatoms. The number of carbonyl (C=O) groups is 3. The molecule has 0 unspecified atom stereocenters. The van der Waals surface area contributed by atoms with Crippen LogP contribution in [0.3, 0.4) is 0 Å². The summed E-state index contributed by atoms with van der Waals surface area (Å²) in [6, 6.07) is 10.5. The van der Waals surface area contributed by atoms with E-state index >= 15 is 0 Å². The van der Waals surface area contributed by atoms with E-state index in [4.69, 9.17) is 17.3 Å². The summed E-state index contributed by atoms with van der Waals surface area (Å²) in [7, 11) is 0. The van der Waals surface area contributed by atoms with E-state index in [-0.39, 0.29) is 47.0 Å². The van der Waals surface area contributed by atoms with Gasteiger partial charge in [-0.1, -0.05) is 41.9 Å². The first-order valence-corrected chi connectivity index (χ1v) is 11.9. The molecule has 1 aliphatic heterocycles. The van der Waals surface area contributed by atoms with E-state index in [9.17, 15) is 23.9 Å². The number of aromatic nitrogens is 1. The van der Waals surface area contributed by atoms with E-state index in [2.05, 4.69) is 0 Å². The van der Waals surface area contributed by atoms with Gasteiger partial charge in [0, 0.05) is 30.5 Å². The molecule has 1 aromatic heterocycles. The molecule has 0 radical (unpaired) electrons. The van der Waals surface area contributed by atoms with Gasteiger partial charge < -0.3 is 15.7 Å². The van der Waals surface area contributed by atoms with Crippen molar-refractivity contribution in [2.75, 3.05) is 13.2 Å². The summed E-state index contributed by atoms with van der Waals surface area (Å²) in [5.41, 5.74) is 6.96. The third-order valence-electron chi connectivity index (χ3n) is 7.26. The Bertz CT molecular complexity index is 1340. The Morgan fingerprint density at radius 1 is 1.17 bits per heavy atom. The van der Waals surface area contributed by atoms with Gasteiger partial charge in [0.15, 0.2) is 5.78 Å². The number of piperidine rings is 1. The summed E-state index contributed by atoms with van der Waals surface area (Å²) >= 11 is 5.89. The third-order valence-corrected chi connectivity index (χ3v) is 7.55. The predicted molar refractivity (Wildman–Crippen MR) is 129 cm³/mol. The second-order valence-corrected chi connectivity index (χ2v) is 9.81. The van der Waals surface area contributed by atoms with Crippen LogP contribution in [0.15, 0.2) is 48.7 Å². The number of benzene rings is 2. The number of nitrogens with zero attached hydrogens (tertiary/aromatic N) is 2. The van der Waals surface area contributed by atoms with Crippen LogP contribution in [0.2, 0.25) is 5.02 Å². The molecule has 0 spiro atoms. The summed E-state index contributed by atoms with van der Waals surface area (Å²) in [6.07, 6.45) is 2.38. The Kier molecular flexibility index (Phi) is 6.11. The number of likely N-dealkylation sites (tertiary alicyclic amines) is 1. The van der Waals surface area contributed by atoms with Gasteiger partial charge in [0.05, 0.1) is 29.6 Å². The number of fused-ring (bicyclic) bond motifs is 2. The minimum absolute atomic E-state index is 0.0242. The molecule has 3 N–H and O–H groups in total. The highest BCUT2D eigenvalue weighted by Gasteiger charge is 2.56. The Labute approximate surface area is 206 Å². The molecule has 182 valence electrons. The van der Waals surface area contributed by atoms with Crippen LogP contribution in [-0.2, 0) is 16.0 Å². The summed E-state index contributed by atoms with van der Waals surface area (Å²) in [5.74, 6) is -1.43. The van der Waals surface area contributed by atoms with Crippen molar-refractivity contribution in [3.8, 4) is 0 Å². The second-order valence-electron chi connectivity index (χ2n) is 9.40. The number of nitrogens with two attached hydrogens (primary N) is 1. The SMILES string of the molecule is NC(=O)n1cc(CC(=O)N2C[C@@H]3C[C@@H]3[C@H]2C(=O)C[C@H](CO)c2cccc(Cl)c2F)c2ccccc21. The molecule has 7 nitrogen and oxygen atoms in total. The van der Waals surface area contributed by atoms with Crippen molar-refractivity contribution in [3.05, 3.63) is 70.6 Å². The molecule has 1 saturated carbocycles. The highest BCUT2D eigenvalue weighted by Crippen LogP contribution is 2.50. The van der Waals surface area contributed by atoms with E-state index in [0.29, 0.717) is 17.6 Å². The first-order valence-electron chi connectivity index (χ1n) is 11.6. The van der Waals surface area contributed by atoms with Gasteiger partial charge in [0.25, 0.3) is 0 Å². The van der Waals surface area contributed by atoms with Crippen LogP contribution < -0.4 is 5.73 Å². The van der Waals surface area contributed by atoms with Gasteiger partial charge in [-0.15, -0.1) is 0 Å². The number of aliphatic hydroxyl groups excluding tert-OH is 1. The smallest absolute Gasteiger partial charge is 0.323 e. The van der Waals surface area contributed by atoms with E-state index in [0.717, 1.165) is 11.8 Å². The largest absolute Gasteiger partial charge is 0.396 e. The number of hydrogen-bond donors (Lipinski definition) is 2. The fraction of sp³-hybridized carbons (Fsp3) is 0.346. The summed E-state index contributed by atoms with van der Waals surface area (Å²) in [6.45, 7) is 0.0775. The van der Waals surface area contributed by atoms with Gasteiger partial charge in [0.1, 0.15) is 5.82 Å². The van der Waals surface area contributed by atoms with Crippen LogP contribution in [0.5, 0.6) is 0 Å². The lowest BCUT2D eigenvalue weighted by molar-refractivity contribution is -0.138. The van der Waals surface area contributed by atoms with Gasteiger partial charge in [-0.05, 0) is 41.5 Å². The van der Waals surface area contributed by atoms with Crippen molar-refractivity contribution in [3.63, 3.8) is 0 Å². The lowest BCUT2D eigenvalue weighted by Gasteiger charge is -2.28. The van der Waals surface area contributed by atoms with Gasteiger partial charge >= 0.3 is 6.03 Å². The summed E-state index contributed by atoms with van der Waals surface area (Å²) in [4.78, 5) is 40.2. The Hall–Kier alpha value is -3.23. The number of halogens is 2. The van der Waals surface area contributed by atoms with Gasteiger partial charge in [-0.3, -0.25) is 14.2 Å². The second kappa shape index (κ2) is 9.09. The van der Waals surface area contributed by atoms with E-state index < -0.39 is 30.4 Å². The van der Waals surface area contributed by atoms with Crippen molar-refractivity contribution >= 4 is 40.2 Å². The van der Waals surface area contributed by atoms with Crippen LogP contribution in [0.25, 0.3) is 10.9 Å². The topological polar surface area (TPSA) is 106 Å². The van der Waals surface area contributed by atoms with Crippen molar-refractivity contribution in [2.45, 2.75) is 31.2 Å². The van der Waals surface area contributed by atoms with E-state index in [1.165, 1.54) is 16.7 Å². The zero-order valence-electron chi connectivity index (χ0n) is 18.9. The van der Waals surface area contributed by atoms with Crippen molar-refractivity contribution in [1.29, 1.82) is 0 Å². The number of hydrogen-bond acceptors (Lipinski definition) is 4. The molecule has 2 amide bonds. The zero-order chi connectivity index (χ0) is 24.9. The van der Waals surface area contributed by atoms with Gasteiger partial charge in [0.2, 0.25) is 5.91 Å². The number of primary amides is 1. The molecule has 2 aromatic carbocycles. The summed E-state index contributed by atoms with van der Waals surface area (Å²) in [5, 5.41) is 10.6. The van der Waals surface area contributed by atoms with Gasteiger partial charge in [-0.25, -0.2) is 9.18 Å². The average Bonchev–Trinajstić information content (AvgIpc) is 3.34. The van der Waals surface area contributed by atoms with Crippen LogP contribution >= 0.6 is 11.6 Å². The number of para-hydroxylation sites is 1. The quantitative estimate of drug-likeness (QED) is 0.521. The highest BCUT2D eigenvalue weighted by atomic mass is 35.5. The number of carbonyl (C=O) groups excluding carboxylic acids is 3. The molecule has 2 heterocycles. The van der Waals surface area contributed by atoms with Crippen LogP contribution in [0.4, 0.5) is 9.18 Å². The Morgan fingerprint density at radius 3 is 2.69 bits per heavy atom. The van der Waals surface area contributed by atoms with Crippen LogP contribution in [0, 0.1) is 17.7 Å². The third kappa shape index (κ3) is 4.21. The first kappa shape index (κ1) is 23.5. The Morgan fingerprint density at radius 2 is 1.94 bits per heavy atom. The predicted octanol–water partition coefficient (Wildman–Crippen LogP) is 3.49. The number of ketones is 1. The number of aliphatic hydroxyl groups is 1. The van der Waals surface area contributed by atoms with Crippen molar-refractivity contribution < 1.29 is 23.9 Å².